The van der Waals surface area contributed by atoms with Gasteiger partial charge in [-0.1, -0.05) is 0 Å². The van der Waals surface area contributed by atoms with Crippen molar-refractivity contribution in [3.05, 3.63) is 76.2 Å². The van der Waals surface area contributed by atoms with Crippen LogP contribution in [0.4, 0.5) is 18.9 Å². The molecule has 0 saturated heterocycles. The zero-order valence-electron chi connectivity index (χ0n) is 12.4. The van der Waals surface area contributed by atoms with Crippen LogP contribution in [0.1, 0.15) is 5.56 Å². The summed E-state index contributed by atoms with van der Waals surface area (Å²) in [6, 6.07) is 10.3. The third kappa shape index (κ3) is 4.70. The average Bonchev–Trinajstić information content (AvgIpc) is 2.54. The van der Waals surface area contributed by atoms with E-state index >= 15 is 0 Å². The van der Waals surface area contributed by atoms with Gasteiger partial charge in [-0.3, -0.25) is 10.1 Å². The molecule has 6 nitrogen and oxygen atoms in total. The Morgan fingerprint density at radius 1 is 1.04 bits per heavy atom. The van der Waals surface area contributed by atoms with Crippen LogP contribution in [0.2, 0.25) is 0 Å². The maximum atomic E-state index is 13.1. The van der Waals surface area contributed by atoms with Crippen molar-refractivity contribution in [2.45, 2.75) is 11.1 Å². The molecule has 2 aromatic rings. The molecule has 0 saturated carbocycles. The quantitative estimate of drug-likeness (QED) is 0.334. The molecule has 0 fully saturated rings. The molecule has 0 heterocycles. The molecule has 0 aromatic heterocycles. The van der Waals surface area contributed by atoms with Crippen molar-refractivity contribution in [2.75, 3.05) is 6.61 Å². The second-order valence-corrected chi connectivity index (χ2v) is 6.43. The number of nitro groups is 1. The number of rotatable bonds is 6. The fraction of sp³-hybridized carbons (Fsp3) is 0.133. The van der Waals surface area contributed by atoms with E-state index in [1.54, 1.807) is 0 Å². The third-order valence-corrected chi connectivity index (χ3v) is 4.44. The van der Waals surface area contributed by atoms with Crippen LogP contribution in [0.15, 0.2) is 59.5 Å². The number of non-ortho nitro benzene ring substituents is 1. The van der Waals surface area contributed by atoms with Crippen LogP contribution in [0.5, 0.6) is 0 Å². The van der Waals surface area contributed by atoms with Gasteiger partial charge in [0.25, 0.3) is 15.8 Å². The van der Waals surface area contributed by atoms with Crippen LogP contribution < -0.4 is 0 Å². The molecule has 0 aliphatic carbocycles. The summed E-state index contributed by atoms with van der Waals surface area (Å²) < 4.78 is 67.9. The Bertz CT molecular complexity index is 836. The molecule has 0 atom stereocenters. The summed E-state index contributed by atoms with van der Waals surface area (Å²) in [5.74, 6) is -1.15. The Labute approximate surface area is 141 Å². The zero-order chi connectivity index (χ0) is 18.7. The number of hydrogen-bond donors (Lipinski definition) is 0. The van der Waals surface area contributed by atoms with Crippen LogP contribution in [0.25, 0.3) is 0 Å². The number of benzene rings is 2. The van der Waals surface area contributed by atoms with E-state index in [-0.39, 0.29) is 11.3 Å². The molecule has 2 rings (SSSR count). The Kier molecular flexibility index (Phi) is 5.33. The van der Waals surface area contributed by atoms with Gasteiger partial charge in [0.1, 0.15) is 12.2 Å². The molecular formula is C15H11F3NO5S+. The minimum absolute atomic E-state index is 0.214. The van der Waals surface area contributed by atoms with Crippen LogP contribution >= 0.6 is 0 Å². The fourth-order valence-corrected chi connectivity index (χ4v) is 2.79. The van der Waals surface area contributed by atoms with Crippen molar-refractivity contribution in [3.8, 4) is 0 Å². The van der Waals surface area contributed by atoms with E-state index in [0.29, 0.717) is 0 Å². The van der Waals surface area contributed by atoms with Gasteiger partial charge in [-0.2, -0.15) is 21.6 Å². The summed E-state index contributed by atoms with van der Waals surface area (Å²) in [4.78, 5) is 9.33. The molecule has 0 unspecified atom stereocenters. The predicted molar refractivity (Wildman–Crippen MR) is 81.1 cm³/mol. The van der Waals surface area contributed by atoms with E-state index in [1.807, 2.05) is 0 Å². The maximum Gasteiger partial charge on any atom is 0.465 e. The second kappa shape index (κ2) is 7.11. The van der Waals surface area contributed by atoms with E-state index in [4.69, 9.17) is 0 Å². The Balaban J connectivity index is 2.20. The first-order valence-electron chi connectivity index (χ1n) is 6.73. The highest BCUT2D eigenvalue weighted by atomic mass is 32.2. The van der Waals surface area contributed by atoms with Crippen molar-refractivity contribution in [1.82, 2.24) is 0 Å². The van der Waals surface area contributed by atoms with Crippen LogP contribution in [0, 0.1) is 16.0 Å². The van der Waals surface area contributed by atoms with E-state index < -0.39 is 38.6 Å². The first kappa shape index (κ1) is 18.7. The van der Waals surface area contributed by atoms with Crippen LogP contribution in [0.3, 0.4) is 0 Å². The van der Waals surface area contributed by atoms with Gasteiger partial charge in [0.05, 0.1) is 9.82 Å². The molecule has 0 bridgehead atoms. The van der Waals surface area contributed by atoms with Crippen molar-refractivity contribution in [3.63, 3.8) is 0 Å². The number of nitro benzene ring substituents is 1. The van der Waals surface area contributed by atoms with Crippen LogP contribution in [-0.4, -0.2) is 26.1 Å². The summed E-state index contributed by atoms with van der Waals surface area (Å²) in [5, 5.41) is 10.5. The second-order valence-electron chi connectivity index (χ2n) is 4.81. The minimum Gasteiger partial charge on any atom is -0.258 e. The van der Waals surface area contributed by atoms with Gasteiger partial charge in [-0.25, -0.2) is 4.18 Å². The average molecular weight is 374 g/mol. The van der Waals surface area contributed by atoms with Gasteiger partial charge < -0.3 is 0 Å². The van der Waals surface area contributed by atoms with Gasteiger partial charge in [0, 0.05) is 24.3 Å². The fourth-order valence-electron chi connectivity index (χ4n) is 1.91. The van der Waals surface area contributed by atoms with E-state index in [0.717, 1.165) is 24.3 Å². The van der Waals surface area contributed by atoms with Gasteiger partial charge in [0.2, 0.25) is 0 Å². The molecule has 0 N–H and O–H groups in total. The van der Waals surface area contributed by atoms with Crippen molar-refractivity contribution in [1.29, 1.82) is 0 Å². The molecule has 2 aromatic carbocycles. The summed E-state index contributed by atoms with van der Waals surface area (Å²) >= 11 is 0. The van der Waals surface area contributed by atoms with Crippen molar-refractivity contribution in [2.24, 2.45) is 0 Å². The normalized spacial score (nSPS) is 12.0. The lowest BCUT2D eigenvalue weighted by molar-refractivity contribution is -0.384. The van der Waals surface area contributed by atoms with Gasteiger partial charge in [-0.15, -0.1) is 0 Å². The Morgan fingerprint density at radius 3 is 2.08 bits per heavy atom. The third-order valence-electron chi connectivity index (χ3n) is 3.16. The van der Waals surface area contributed by atoms with Crippen molar-refractivity contribution >= 4 is 15.8 Å². The monoisotopic (exact) mass is 374 g/mol. The standard InChI is InChI=1S/C15H11F3NO5S/c16-15(17,18)14(11-4-2-1-3-5-11)10-24-25(22,23)13-8-6-12(7-9-13)19(20)21/h1-9H,10H2/q+1. The number of halogens is 3. The molecular weight excluding hydrogens is 363 g/mol. The highest BCUT2D eigenvalue weighted by Crippen LogP contribution is 2.34. The van der Waals surface area contributed by atoms with Gasteiger partial charge in [-0.05, 0) is 30.3 Å². The highest BCUT2D eigenvalue weighted by molar-refractivity contribution is 7.86. The topological polar surface area (TPSA) is 86.5 Å². The minimum atomic E-state index is -4.79. The molecule has 0 aliphatic heterocycles. The van der Waals surface area contributed by atoms with Gasteiger partial charge in [0.15, 0.2) is 5.92 Å². The number of alkyl halides is 3. The molecule has 0 amide bonds. The first-order chi connectivity index (χ1) is 11.6. The largest absolute Gasteiger partial charge is 0.465 e. The summed E-state index contributed by atoms with van der Waals surface area (Å²) in [5.41, 5.74) is -0.570. The van der Waals surface area contributed by atoms with Crippen LogP contribution in [-0.2, 0) is 14.3 Å². The highest BCUT2D eigenvalue weighted by Gasteiger charge is 2.48. The summed E-state index contributed by atoms with van der Waals surface area (Å²) in [6.45, 7) is -1.22. The number of hydrogen-bond acceptors (Lipinski definition) is 5. The summed E-state index contributed by atoms with van der Waals surface area (Å²) in [6.07, 6.45) is -4.79. The molecule has 0 aliphatic rings. The van der Waals surface area contributed by atoms with E-state index in [1.165, 1.54) is 30.3 Å². The zero-order valence-corrected chi connectivity index (χ0v) is 13.3. The lowest BCUT2D eigenvalue weighted by atomic mass is 10.00. The maximum absolute atomic E-state index is 13.1. The molecule has 0 radical (unpaired) electrons. The molecule has 10 heteroatoms. The molecule has 132 valence electrons. The lowest BCUT2D eigenvalue weighted by Crippen LogP contribution is -2.27. The van der Waals surface area contributed by atoms with E-state index in [2.05, 4.69) is 4.18 Å². The van der Waals surface area contributed by atoms with Crippen molar-refractivity contribution < 1.29 is 30.7 Å². The lowest BCUT2D eigenvalue weighted by Gasteiger charge is -2.14. The van der Waals surface area contributed by atoms with Gasteiger partial charge >= 0.3 is 6.18 Å². The smallest absolute Gasteiger partial charge is 0.258 e. The Hall–Kier alpha value is -2.59. The summed E-state index contributed by atoms with van der Waals surface area (Å²) in [7, 11) is -4.51. The predicted octanol–water partition coefficient (Wildman–Crippen LogP) is 3.49. The Morgan fingerprint density at radius 2 is 1.60 bits per heavy atom. The van der Waals surface area contributed by atoms with E-state index in [9.17, 15) is 31.7 Å². The number of nitrogens with zero attached hydrogens (tertiary/aromatic N) is 1. The molecule has 25 heavy (non-hydrogen) atoms. The SMILES string of the molecule is O=[N+]([O-])c1ccc(S(=O)(=O)OC[C+](c2ccccc2)C(F)(F)F)cc1. The first-order valence-corrected chi connectivity index (χ1v) is 8.14. The molecule has 0 spiro atoms.